The van der Waals surface area contributed by atoms with E-state index < -0.39 is 60.2 Å². The van der Waals surface area contributed by atoms with Gasteiger partial charge in [0.2, 0.25) is 17.7 Å². The fourth-order valence-corrected chi connectivity index (χ4v) is 3.25. The number of hydrogen-bond donors (Lipinski definition) is 7. The molecule has 11 nitrogen and oxygen atoms in total. The second-order valence-corrected chi connectivity index (χ2v) is 8.69. The highest BCUT2D eigenvalue weighted by molar-refractivity contribution is 7.98. The van der Waals surface area contributed by atoms with Crippen molar-refractivity contribution in [2.75, 3.05) is 17.8 Å². The molecule has 3 amide bonds. The van der Waals surface area contributed by atoms with Crippen LogP contribution in [-0.2, 0) is 24.0 Å². The summed E-state index contributed by atoms with van der Waals surface area (Å²) in [6.07, 6.45) is 1.85. The van der Waals surface area contributed by atoms with Crippen molar-refractivity contribution in [1.82, 2.24) is 16.0 Å². The Hall–Kier alpha value is -1.99. The maximum atomic E-state index is 12.9. The highest BCUT2D eigenvalue weighted by Crippen LogP contribution is 2.10. The van der Waals surface area contributed by atoms with E-state index in [2.05, 4.69) is 28.6 Å². The van der Waals surface area contributed by atoms with E-state index >= 15 is 0 Å². The number of carbonyl (C=O) groups excluding carboxylic acids is 3. The maximum Gasteiger partial charge on any atom is 0.326 e. The van der Waals surface area contributed by atoms with Crippen LogP contribution >= 0.6 is 24.4 Å². The van der Waals surface area contributed by atoms with Crippen molar-refractivity contribution in [2.24, 2.45) is 11.7 Å². The summed E-state index contributed by atoms with van der Waals surface area (Å²) in [6, 6.07) is -4.33. The lowest BCUT2D eigenvalue weighted by molar-refractivity contribution is -0.143. The first-order chi connectivity index (χ1) is 15.0. The van der Waals surface area contributed by atoms with Crippen molar-refractivity contribution in [1.29, 1.82) is 0 Å². The van der Waals surface area contributed by atoms with Crippen LogP contribution in [0, 0.1) is 5.92 Å². The number of carboxylic acids is 2. The highest BCUT2D eigenvalue weighted by atomic mass is 32.2. The van der Waals surface area contributed by atoms with Gasteiger partial charge >= 0.3 is 11.9 Å². The first-order valence-corrected chi connectivity index (χ1v) is 12.2. The largest absolute Gasteiger partial charge is 0.481 e. The van der Waals surface area contributed by atoms with Gasteiger partial charge in [0.05, 0.1) is 6.04 Å². The number of nitrogens with two attached hydrogens (primary N) is 1. The summed E-state index contributed by atoms with van der Waals surface area (Å²) in [5.41, 5.74) is 5.67. The number of nitrogens with one attached hydrogen (secondary N) is 3. The van der Waals surface area contributed by atoms with E-state index in [1.807, 2.05) is 13.2 Å². The molecule has 184 valence electrons. The molecule has 7 N–H and O–H groups in total. The molecule has 0 heterocycles. The third-order valence-electron chi connectivity index (χ3n) is 4.83. The third-order valence-corrected chi connectivity index (χ3v) is 5.87. The van der Waals surface area contributed by atoms with Crippen LogP contribution in [0.1, 0.15) is 39.5 Å². The van der Waals surface area contributed by atoms with Crippen LogP contribution in [0.25, 0.3) is 0 Å². The highest BCUT2D eigenvalue weighted by Gasteiger charge is 2.32. The molecule has 0 aromatic heterocycles. The topological polar surface area (TPSA) is 188 Å². The van der Waals surface area contributed by atoms with Crippen LogP contribution in [0.15, 0.2) is 0 Å². The lowest BCUT2D eigenvalue weighted by Crippen LogP contribution is -2.58. The monoisotopic (exact) mass is 494 g/mol. The van der Waals surface area contributed by atoms with E-state index in [1.54, 1.807) is 6.92 Å². The number of rotatable bonds is 16. The lowest BCUT2D eigenvalue weighted by Gasteiger charge is -2.27. The van der Waals surface area contributed by atoms with Gasteiger partial charge in [0.1, 0.15) is 18.1 Å². The van der Waals surface area contributed by atoms with E-state index in [9.17, 15) is 29.1 Å². The van der Waals surface area contributed by atoms with Gasteiger partial charge in [-0.05, 0) is 30.8 Å². The van der Waals surface area contributed by atoms with E-state index in [4.69, 9.17) is 10.8 Å². The fourth-order valence-electron chi connectivity index (χ4n) is 2.61. The van der Waals surface area contributed by atoms with Crippen LogP contribution in [0.4, 0.5) is 0 Å². The van der Waals surface area contributed by atoms with Gasteiger partial charge in [-0.3, -0.25) is 19.2 Å². The van der Waals surface area contributed by atoms with Gasteiger partial charge in [-0.1, -0.05) is 20.3 Å². The Kier molecular flexibility index (Phi) is 14.8. The zero-order valence-electron chi connectivity index (χ0n) is 18.5. The molecule has 13 heteroatoms. The molecule has 5 atom stereocenters. The molecule has 0 spiro atoms. The van der Waals surface area contributed by atoms with Crippen molar-refractivity contribution in [2.45, 2.75) is 63.7 Å². The van der Waals surface area contributed by atoms with E-state index in [0.717, 1.165) is 0 Å². The van der Waals surface area contributed by atoms with E-state index in [1.165, 1.54) is 11.8 Å². The minimum atomic E-state index is -1.41. The Morgan fingerprint density at radius 2 is 1.56 bits per heavy atom. The van der Waals surface area contributed by atoms with Crippen LogP contribution < -0.4 is 21.7 Å². The van der Waals surface area contributed by atoms with Crippen LogP contribution in [0.2, 0.25) is 0 Å². The fraction of sp³-hybridized carbons (Fsp3) is 0.737. The van der Waals surface area contributed by atoms with Crippen molar-refractivity contribution >= 4 is 54.1 Å². The molecule has 0 aliphatic heterocycles. The number of amides is 3. The number of aliphatic carboxylic acids is 2. The van der Waals surface area contributed by atoms with Gasteiger partial charge in [-0.2, -0.15) is 24.4 Å². The lowest BCUT2D eigenvalue weighted by atomic mass is 9.97. The van der Waals surface area contributed by atoms with Gasteiger partial charge in [0, 0.05) is 12.2 Å². The molecule has 0 radical (unpaired) electrons. The predicted octanol–water partition coefficient (Wildman–Crippen LogP) is -0.553. The van der Waals surface area contributed by atoms with Gasteiger partial charge in [-0.15, -0.1) is 0 Å². The molecule has 0 saturated carbocycles. The van der Waals surface area contributed by atoms with Gasteiger partial charge < -0.3 is 31.9 Å². The van der Waals surface area contributed by atoms with Crippen LogP contribution in [-0.4, -0.2) is 81.8 Å². The SMILES string of the molecule is CCC(C)C(NC(=O)C(N)CS)C(=O)NC(CCSC)C(=O)NC(CCC(=O)O)C(=O)O. The maximum absolute atomic E-state index is 12.9. The number of thiol groups is 1. The van der Waals surface area contributed by atoms with Gasteiger partial charge in [-0.25, -0.2) is 4.79 Å². The molecule has 0 saturated heterocycles. The summed E-state index contributed by atoms with van der Waals surface area (Å²) in [5, 5.41) is 25.5. The molecule has 0 aromatic rings. The third kappa shape index (κ3) is 11.0. The molecule has 0 rings (SSSR count). The zero-order chi connectivity index (χ0) is 24.8. The summed E-state index contributed by atoms with van der Waals surface area (Å²) in [6.45, 7) is 3.60. The van der Waals surface area contributed by atoms with E-state index in [0.29, 0.717) is 12.2 Å². The second-order valence-electron chi connectivity index (χ2n) is 7.34. The Labute approximate surface area is 197 Å². The summed E-state index contributed by atoms with van der Waals surface area (Å²) in [4.78, 5) is 60.0. The Morgan fingerprint density at radius 1 is 0.969 bits per heavy atom. The summed E-state index contributed by atoms with van der Waals surface area (Å²) < 4.78 is 0. The molecular formula is C19H34N4O7S2. The molecule has 0 fully saturated rings. The van der Waals surface area contributed by atoms with Gasteiger partial charge in [0.15, 0.2) is 0 Å². The molecule has 0 aliphatic rings. The quantitative estimate of drug-likeness (QED) is 0.138. The summed E-state index contributed by atoms with van der Waals surface area (Å²) >= 11 is 5.41. The van der Waals surface area contributed by atoms with Gasteiger partial charge in [0.25, 0.3) is 0 Å². The second kappa shape index (κ2) is 15.8. The minimum absolute atomic E-state index is 0.0896. The van der Waals surface area contributed by atoms with E-state index in [-0.39, 0.29) is 24.5 Å². The minimum Gasteiger partial charge on any atom is -0.481 e. The standard InChI is InChI=1S/C19H34N4O7S2/c1-4-10(2)15(23-16(26)11(20)9-31)18(28)21-12(7-8-32-3)17(27)22-13(19(29)30)5-6-14(24)25/h10-13,15,31H,4-9,20H2,1-3H3,(H,21,28)(H,22,27)(H,23,26)(H,24,25)(H,29,30). The predicted molar refractivity (Wildman–Crippen MR) is 125 cm³/mol. The molecule has 0 aliphatic carbocycles. The number of hydrogen-bond acceptors (Lipinski definition) is 8. The van der Waals surface area contributed by atoms with Crippen molar-refractivity contribution < 1.29 is 34.2 Å². The summed E-state index contributed by atoms with van der Waals surface area (Å²) in [7, 11) is 0. The van der Waals surface area contributed by atoms with Crippen LogP contribution in [0.3, 0.4) is 0 Å². The Bertz CT molecular complexity index is 666. The average Bonchev–Trinajstić information content (AvgIpc) is 2.75. The molecule has 5 unspecified atom stereocenters. The Balaban J connectivity index is 5.46. The average molecular weight is 495 g/mol. The first kappa shape index (κ1) is 30.0. The Morgan fingerprint density at radius 3 is 2.03 bits per heavy atom. The van der Waals surface area contributed by atoms with Crippen LogP contribution in [0.5, 0.6) is 0 Å². The zero-order valence-corrected chi connectivity index (χ0v) is 20.2. The number of thioether (sulfide) groups is 1. The smallest absolute Gasteiger partial charge is 0.326 e. The number of carbonyl (C=O) groups is 5. The van der Waals surface area contributed by atoms with Crippen molar-refractivity contribution in [3.05, 3.63) is 0 Å². The molecule has 0 aromatic carbocycles. The molecular weight excluding hydrogens is 460 g/mol. The number of carboxylic acid groups (broad SMARTS) is 2. The normalized spacial score (nSPS) is 15.5. The first-order valence-electron chi connectivity index (χ1n) is 10.2. The van der Waals surface area contributed by atoms with Crippen molar-refractivity contribution in [3.63, 3.8) is 0 Å². The van der Waals surface area contributed by atoms with Crippen molar-refractivity contribution in [3.8, 4) is 0 Å². The molecule has 0 bridgehead atoms. The molecule has 32 heavy (non-hydrogen) atoms. The summed E-state index contributed by atoms with van der Waals surface area (Å²) in [5.74, 6) is -4.14.